The molecule has 128 valence electrons. The zero-order valence-corrected chi connectivity index (χ0v) is 14.1. The predicted octanol–water partition coefficient (Wildman–Crippen LogP) is 1.71. The van der Waals surface area contributed by atoms with Gasteiger partial charge >= 0.3 is 0 Å². The summed E-state index contributed by atoms with van der Waals surface area (Å²) in [7, 11) is 1.51. The first-order valence-electron chi connectivity index (χ1n) is 8.12. The summed E-state index contributed by atoms with van der Waals surface area (Å²) >= 11 is 0. The normalized spacial score (nSPS) is 14.6. The number of carbonyl (C=O) groups excluding carboxylic acids is 1. The summed E-state index contributed by atoms with van der Waals surface area (Å²) in [6, 6.07) is 9.15. The average molecular weight is 337 g/mol. The topological polar surface area (TPSA) is 82.4 Å². The summed E-state index contributed by atoms with van der Waals surface area (Å²) in [6.07, 6.45) is 4.02. The van der Waals surface area contributed by atoms with E-state index in [0.717, 1.165) is 18.8 Å². The van der Waals surface area contributed by atoms with Crippen LogP contribution < -0.4 is 9.64 Å². The van der Waals surface area contributed by atoms with Gasteiger partial charge in [-0.15, -0.1) is 0 Å². The van der Waals surface area contributed by atoms with Crippen molar-refractivity contribution < 1.29 is 9.53 Å². The van der Waals surface area contributed by atoms with Gasteiger partial charge in [0.05, 0.1) is 12.7 Å². The number of rotatable bonds is 3. The molecular weight excluding hydrogens is 318 g/mol. The van der Waals surface area contributed by atoms with E-state index in [1.807, 2.05) is 11.0 Å². The molecule has 1 aliphatic heterocycles. The van der Waals surface area contributed by atoms with Gasteiger partial charge in [-0.25, -0.2) is 9.97 Å². The van der Waals surface area contributed by atoms with Gasteiger partial charge in [-0.3, -0.25) is 4.79 Å². The molecule has 0 spiro atoms. The van der Waals surface area contributed by atoms with Crippen molar-refractivity contribution in [3.63, 3.8) is 0 Å². The fourth-order valence-corrected chi connectivity index (χ4v) is 2.88. The highest BCUT2D eigenvalue weighted by Gasteiger charge is 2.23. The number of hydrogen-bond donors (Lipinski definition) is 0. The molecule has 1 amide bonds. The van der Waals surface area contributed by atoms with Crippen LogP contribution in [0.4, 0.5) is 5.82 Å². The van der Waals surface area contributed by atoms with Crippen LogP contribution in [0.3, 0.4) is 0 Å². The van der Waals surface area contributed by atoms with Crippen LogP contribution in [0.5, 0.6) is 5.88 Å². The van der Waals surface area contributed by atoms with Crippen LogP contribution in [-0.4, -0.2) is 54.1 Å². The van der Waals surface area contributed by atoms with Crippen molar-refractivity contribution in [3.8, 4) is 11.9 Å². The van der Waals surface area contributed by atoms with Crippen molar-refractivity contribution >= 4 is 11.7 Å². The van der Waals surface area contributed by atoms with Crippen molar-refractivity contribution in [1.29, 1.82) is 5.26 Å². The van der Waals surface area contributed by atoms with Crippen LogP contribution in [-0.2, 0) is 0 Å². The van der Waals surface area contributed by atoms with E-state index < -0.39 is 0 Å². The standard InChI is InChI=1S/C18H19N5O2/c1-25-17-15(4-2-7-20-17)18(24)23-9-3-8-22(10-11-23)16-6-5-14(12-19)13-21-16/h2,4-7,13H,3,8-11H2,1H3. The second kappa shape index (κ2) is 7.62. The molecule has 0 N–H and O–H groups in total. The fourth-order valence-electron chi connectivity index (χ4n) is 2.88. The molecule has 0 aliphatic carbocycles. The van der Waals surface area contributed by atoms with Crippen LogP contribution in [0, 0.1) is 11.3 Å². The zero-order chi connectivity index (χ0) is 17.6. The number of nitriles is 1. The van der Waals surface area contributed by atoms with E-state index in [1.54, 1.807) is 30.6 Å². The minimum Gasteiger partial charge on any atom is -0.480 e. The number of methoxy groups -OCH3 is 1. The van der Waals surface area contributed by atoms with Crippen LogP contribution in [0.2, 0.25) is 0 Å². The highest BCUT2D eigenvalue weighted by Crippen LogP contribution is 2.19. The van der Waals surface area contributed by atoms with Gasteiger partial charge in [0, 0.05) is 38.6 Å². The highest BCUT2D eigenvalue weighted by atomic mass is 16.5. The van der Waals surface area contributed by atoms with E-state index in [9.17, 15) is 4.79 Å². The van der Waals surface area contributed by atoms with Crippen molar-refractivity contribution in [2.24, 2.45) is 0 Å². The molecule has 1 aliphatic rings. The van der Waals surface area contributed by atoms with E-state index in [1.165, 1.54) is 7.11 Å². The Morgan fingerprint density at radius 2 is 2.08 bits per heavy atom. The lowest BCUT2D eigenvalue weighted by Crippen LogP contribution is -2.35. The lowest BCUT2D eigenvalue weighted by molar-refractivity contribution is 0.0762. The summed E-state index contributed by atoms with van der Waals surface area (Å²) in [4.78, 5) is 25.2. The maximum atomic E-state index is 12.8. The molecule has 7 nitrogen and oxygen atoms in total. The Balaban J connectivity index is 1.70. The first-order chi connectivity index (χ1) is 12.2. The number of pyridine rings is 2. The minimum atomic E-state index is -0.0698. The quantitative estimate of drug-likeness (QED) is 0.848. The molecule has 0 unspecified atom stereocenters. The van der Waals surface area contributed by atoms with Crippen molar-refractivity contribution in [2.45, 2.75) is 6.42 Å². The zero-order valence-electron chi connectivity index (χ0n) is 14.1. The summed E-state index contributed by atoms with van der Waals surface area (Å²) < 4.78 is 5.20. The summed E-state index contributed by atoms with van der Waals surface area (Å²) in [5, 5.41) is 8.87. The molecule has 0 bridgehead atoms. The minimum absolute atomic E-state index is 0.0698. The van der Waals surface area contributed by atoms with Crippen LogP contribution >= 0.6 is 0 Å². The summed E-state index contributed by atoms with van der Waals surface area (Å²) in [5.41, 5.74) is 1.02. The summed E-state index contributed by atoms with van der Waals surface area (Å²) in [5.74, 6) is 1.11. The van der Waals surface area contributed by atoms with Crippen LogP contribution in [0.25, 0.3) is 0 Å². The fraction of sp³-hybridized carbons (Fsp3) is 0.333. The second-order valence-corrected chi connectivity index (χ2v) is 5.71. The van der Waals surface area contributed by atoms with Crippen LogP contribution in [0.15, 0.2) is 36.7 Å². The Bertz CT molecular complexity index is 785. The maximum Gasteiger partial charge on any atom is 0.259 e. The molecule has 0 atom stereocenters. The van der Waals surface area contributed by atoms with Crippen molar-refractivity contribution in [2.75, 3.05) is 38.2 Å². The number of aromatic nitrogens is 2. The molecule has 7 heteroatoms. The number of carbonyl (C=O) groups is 1. The Labute approximate surface area is 146 Å². The highest BCUT2D eigenvalue weighted by molar-refractivity contribution is 5.96. The smallest absolute Gasteiger partial charge is 0.259 e. The molecule has 0 saturated carbocycles. The second-order valence-electron chi connectivity index (χ2n) is 5.71. The van der Waals surface area contributed by atoms with Gasteiger partial charge in [-0.2, -0.15) is 5.26 Å². The monoisotopic (exact) mass is 337 g/mol. The number of ether oxygens (including phenoxy) is 1. The van der Waals surface area contributed by atoms with Gasteiger partial charge in [-0.05, 0) is 30.7 Å². The van der Waals surface area contributed by atoms with E-state index in [4.69, 9.17) is 10.00 Å². The molecule has 3 heterocycles. The number of hydrogen-bond acceptors (Lipinski definition) is 6. The number of amides is 1. The van der Waals surface area contributed by atoms with Crippen molar-refractivity contribution in [3.05, 3.63) is 47.8 Å². The molecule has 25 heavy (non-hydrogen) atoms. The van der Waals surface area contributed by atoms with Gasteiger partial charge in [-0.1, -0.05) is 0 Å². The molecule has 2 aromatic rings. The van der Waals surface area contributed by atoms with E-state index >= 15 is 0 Å². The SMILES string of the molecule is COc1ncccc1C(=O)N1CCCN(c2ccc(C#N)cn2)CC1. The van der Waals surface area contributed by atoms with Gasteiger partial charge in [0.2, 0.25) is 5.88 Å². The lowest BCUT2D eigenvalue weighted by atomic mass is 10.2. The third-order valence-electron chi connectivity index (χ3n) is 4.18. The molecule has 0 aromatic carbocycles. The number of anilines is 1. The van der Waals surface area contributed by atoms with E-state index in [-0.39, 0.29) is 5.91 Å². The van der Waals surface area contributed by atoms with Gasteiger partial charge < -0.3 is 14.5 Å². The molecule has 2 aromatic heterocycles. The van der Waals surface area contributed by atoms with Crippen molar-refractivity contribution in [1.82, 2.24) is 14.9 Å². The Morgan fingerprint density at radius 3 is 2.80 bits per heavy atom. The third-order valence-corrected chi connectivity index (χ3v) is 4.18. The molecular formula is C18H19N5O2. The Morgan fingerprint density at radius 1 is 1.20 bits per heavy atom. The lowest BCUT2D eigenvalue weighted by Gasteiger charge is -2.23. The Kier molecular flexibility index (Phi) is 5.09. The molecule has 3 rings (SSSR count). The molecule has 1 saturated heterocycles. The average Bonchev–Trinajstić information content (AvgIpc) is 2.93. The van der Waals surface area contributed by atoms with E-state index in [0.29, 0.717) is 36.6 Å². The first-order valence-corrected chi connectivity index (χ1v) is 8.12. The van der Waals surface area contributed by atoms with Gasteiger partial charge in [0.1, 0.15) is 17.5 Å². The van der Waals surface area contributed by atoms with Gasteiger partial charge in [0.25, 0.3) is 5.91 Å². The third kappa shape index (κ3) is 3.69. The van der Waals surface area contributed by atoms with E-state index in [2.05, 4.69) is 20.9 Å². The first kappa shape index (κ1) is 16.7. The predicted molar refractivity (Wildman–Crippen MR) is 92.5 cm³/mol. The van der Waals surface area contributed by atoms with Crippen LogP contribution in [0.1, 0.15) is 22.3 Å². The Hall–Kier alpha value is -3.14. The molecule has 1 fully saturated rings. The van der Waals surface area contributed by atoms with Gasteiger partial charge in [0.15, 0.2) is 0 Å². The summed E-state index contributed by atoms with van der Waals surface area (Å²) in [6.45, 7) is 2.77. The number of nitrogens with zero attached hydrogens (tertiary/aromatic N) is 5. The maximum absolute atomic E-state index is 12.8. The molecule has 0 radical (unpaired) electrons. The largest absolute Gasteiger partial charge is 0.480 e.